The second-order valence-corrected chi connectivity index (χ2v) is 9.18. The smallest absolute Gasteiger partial charge is 0.313 e. The van der Waals surface area contributed by atoms with Crippen molar-refractivity contribution in [3.63, 3.8) is 0 Å². The van der Waals surface area contributed by atoms with E-state index in [2.05, 4.69) is 0 Å². The molecule has 2 aliphatic carbocycles. The molecule has 7 nitrogen and oxygen atoms in total. The van der Waals surface area contributed by atoms with Gasteiger partial charge in [0, 0.05) is 35.1 Å². The van der Waals surface area contributed by atoms with Crippen LogP contribution in [0.2, 0.25) is 0 Å². The Morgan fingerprint density at radius 1 is 1.03 bits per heavy atom. The maximum Gasteiger partial charge on any atom is 0.313 e. The minimum atomic E-state index is -0.672. The lowest BCUT2D eigenvalue weighted by Crippen LogP contribution is -2.48. The quantitative estimate of drug-likeness (QED) is 0.298. The molecule has 1 heterocycles. The summed E-state index contributed by atoms with van der Waals surface area (Å²) in [5.74, 6) is -1.90. The molecule has 7 heteroatoms. The number of esters is 1. The van der Waals surface area contributed by atoms with E-state index in [-0.39, 0.29) is 35.1 Å². The SMILES string of the molecule is CC1OC(=O)C2C=C3CC([N+](=O)[O-])CCC3C(C(=O)N(c3ccccc3)c3ccccc3)C12. The van der Waals surface area contributed by atoms with Gasteiger partial charge in [0.1, 0.15) is 6.10 Å². The standard InChI is InChI=1S/C26H26N2O5/c1-16-23-22(26(30)33-16)15-17-14-20(28(31)32)12-13-21(17)24(23)25(29)27(18-8-4-2-5-9-18)19-10-6-3-7-11-19/h2-11,15-16,20-24H,12-14H2,1H3. The third-order valence-electron chi connectivity index (χ3n) is 7.36. The van der Waals surface area contributed by atoms with Gasteiger partial charge in [-0.1, -0.05) is 48.0 Å². The summed E-state index contributed by atoms with van der Waals surface area (Å²) in [7, 11) is 0. The number of cyclic esters (lactones) is 1. The van der Waals surface area contributed by atoms with Crippen molar-refractivity contribution in [1.82, 2.24) is 0 Å². The highest BCUT2D eigenvalue weighted by Gasteiger charge is 2.56. The van der Waals surface area contributed by atoms with Crippen molar-refractivity contribution in [3.05, 3.63) is 82.4 Å². The third kappa shape index (κ3) is 3.71. The summed E-state index contributed by atoms with van der Waals surface area (Å²) in [5, 5.41) is 11.5. The van der Waals surface area contributed by atoms with Crippen LogP contribution in [0.3, 0.4) is 0 Å². The molecule has 1 saturated heterocycles. The largest absolute Gasteiger partial charge is 0.462 e. The number of nitrogens with zero attached hydrogens (tertiary/aromatic N) is 2. The molecule has 6 unspecified atom stereocenters. The zero-order valence-corrected chi connectivity index (χ0v) is 18.4. The van der Waals surface area contributed by atoms with Gasteiger partial charge in [0.25, 0.3) is 0 Å². The molecule has 1 amide bonds. The molecule has 0 bridgehead atoms. The van der Waals surface area contributed by atoms with Gasteiger partial charge < -0.3 is 4.74 Å². The first-order valence-corrected chi connectivity index (χ1v) is 11.4. The molecule has 6 atom stereocenters. The molecule has 2 aromatic rings. The van der Waals surface area contributed by atoms with Gasteiger partial charge >= 0.3 is 5.97 Å². The number of fused-ring (bicyclic) bond motifs is 2. The van der Waals surface area contributed by atoms with Crippen LogP contribution in [0.4, 0.5) is 11.4 Å². The fourth-order valence-corrected chi connectivity index (χ4v) is 5.89. The van der Waals surface area contributed by atoms with E-state index < -0.39 is 24.0 Å². The first kappa shape index (κ1) is 21.4. The molecule has 3 aliphatic rings. The fraction of sp³-hybridized carbons (Fsp3) is 0.385. The average Bonchev–Trinajstić information content (AvgIpc) is 3.11. The van der Waals surface area contributed by atoms with Crippen LogP contribution in [0.1, 0.15) is 26.2 Å². The van der Waals surface area contributed by atoms with Crippen LogP contribution < -0.4 is 4.90 Å². The lowest BCUT2D eigenvalue weighted by atomic mass is 9.61. The number of para-hydroxylation sites is 2. The number of hydrogen-bond acceptors (Lipinski definition) is 5. The third-order valence-corrected chi connectivity index (χ3v) is 7.36. The predicted octanol–water partition coefficient (Wildman–Crippen LogP) is 4.53. The molecule has 0 N–H and O–H groups in total. The first-order valence-electron chi connectivity index (χ1n) is 11.4. The first-order chi connectivity index (χ1) is 16.0. The Labute approximate surface area is 192 Å². The van der Waals surface area contributed by atoms with Gasteiger partial charge in [-0.2, -0.15) is 0 Å². The van der Waals surface area contributed by atoms with Gasteiger partial charge in [-0.25, -0.2) is 0 Å². The van der Waals surface area contributed by atoms with Gasteiger partial charge in [-0.15, -0.1) is 0 Å². The second kappa shape index (κ2) is 8.46. The molecular weight excluding hydrogens is 420 g/mol. The molecule has 2 fully saturated rings. The van der Waals surface area contributed by atoms with Crippen LogP contribution in [0.5, 0.6) is 0 Å². The van der Waals surface area contributed by atoms with Crippen molar-refractivity contribution in [1.29, 1.82) is 0 Å². The second-order valence-electron chi connectivity index (χ2n) is 9.18. The summed E-state index contributed by atoms with van der Waals surface area (Å²) in [4.78, 5) is 40.0. The number of amides is 1. The Morgan fingerprint density at radius 3 is 2.21 bits per heavy atom. The Morgan fingerprint density at radius 2 is 1.64 bits per heavy atom. The zero-order chi connectivity index (χ0) is 23.1. The van der Waals surface area contributed by atoms with Crippen molar-refractivity contribution in [2.75, 3.05) is 4.90 Å². The maximum absolute atomic E-state index is 14.4. The van der Waals surface area contributed by atoms with Gasteiger partial charge in [0.2, 0.25) is 11.9 Å². The number of carbonyl (C=O) groups is 2. The average molecular weight is 447 g/mol. The number of benzene rings is 2. The summed E-state index contributed by atoms with van der Waals surface area (Å²) >= 11 is 0. The topological polar surface area (TPSA) is 89.7 Å². The molecule has 2 aromatic carbocycles. The Kier molecular flexibility index (Phi) is 5.48. The molecule has 33 heavy (non-hydrogen) atoms. The van der Waals surface area contributed by atoms with Gasteiger partial charge in [0.15, 0.2) is 0 Å². The van der Waals surface area contributed by atoms with Crippen molar-refractivity contribution in [2.45, 2.75) is 38.3 Å². The number of hydrogen-bond donors (Lipinski definition) is 0. The molecule has 0 aromatic heterocycles. The molecule has 0 spiro atoms. The van der Waals surface area contributed by atoms with Gasteiger partial charge in [0.05, 0.1) is 11.8 Å². The summed E-state index contributed by atoms with van der Waals surface area (Å²) in [5.41, 5.74) is 2.35. The van der Waals surface area contributed by atoms with E-state index in [0.717, 1.165) is 16.9 Å². The Balaban J connectivity index is 1.59. The van der Waals surface area contributed by atoms with E-state index in [1.165, 1.54) is 0 Å². The minimum Gasteiger partial charge on any atom is -0.462 e. The molecular formula is C26H26N2O5. The Bertz CT molecular complexity index is 1060. The van der Waals surface area contributed by atoms with E-state index in [9.17, 15) is 19.7 Å². The van der Waals surface area contributed by atoms with Crippen LogP contribution in [-0.2, 0) is 14.3 Å². The molecule has 1 saturated carbocycles. The van der Waals surface area contributed by atoms with Crippen LogP contribution >= 0.6 is 0 Å². The van der Waals surface area contributed by atoms with Crippen molar-refractivity contribution >= 4 is 23.3 Å². The van der Waals surface area contributed by atoms with Crippen molar-refractivity contribution in [3.8, 4) is 0 Å². The van der Waals surface area contributed by atoms with Crippen molar-refractivity contribution in [2.24, 2.45) is 23.7 Å². The van der Waals surface area contributed by atoms with Crippen LogP contribution in [-0.4, -0.2) is 28.9 Å². The van der Waals surface area contributed by atoms with Gasteiger partial charge in [-0.3, -0.25) is 24.6 Å². The minimum absolute atomic E-state index is 0.0947. The molecule has 5 rings (SSSR count). The monoisotopic (exact) mass is 446 g/mol. The van der Waals surface area contributed by atoms with Crippen molar-refractivity contribution < 1.29 is 19.2 Å². The van der Waals surface area contributed by atoms with E-state index >= 15 is 0 Å². The Hall–Kier alpha value is -3.48. The molecule has 170 valence electrons. The molecule has 0 radical (unpaired) electrons. The zero-order valence-electron chi connectivity index (χ0n) is 18.4. The number of carbonyl (C=O) groups excluding carboxylic acids is 2. The highest BCUT2D eigenvalue weighted by molar-refractivity contribution is 6.03. The predicted molar refractivity (Wildman–Crippen MR) is 122 cm³/mol. The van der Waals surface area contributed by atoms with Crippen LogP contribution in [0, 0.1) is 33.8 Å². The van der Waals surface area contributed by atoms with Gasteiger partial charge in [-0.05, 0) is 43.5 Å². The number of nitro groups is 1. The highest BCUT2D eigenvalue weighted by atomic mass is 16.6. The van der Waals surface area contributed by atoms with Crippen LogP contribution in [0.15, 0.2) is 72.3 Å². The summed E-state index contributed by atoms with van der Waals surface area (Å²) in [6, 6.07) is 18.3. The normalized spacial score (nSPS) is 30.5. The summed E-state index contributed by atoms with van der Waals surface area (Å²) in [6.45, 7) is 1.85. The number of ether oxygens (including phenoxy) is 1. The fourth-order valence-electron chi connectivity index (χ4n) is 5.89. The number of rotatable bonds is 4. The lowest BCUT2D eigenvalue weighted by molar-refractivity contribution is -0.524. The van der Waals surface area contributed by atoms with E-state index in [1.54, 1.807) is 4.90 Å². The summed E-state index contributed by atoms with van der Waals surface area (Å²) in [6.07, 6.45) is 2.74. The summed E-state index contributed by atoms with van der Waals surface area (Å²) < 4.78 is 5.57. The van der Waals surface area contributed by atoms with E-state index in [0.29, 0.717) is 12.8 Å². The highest BCUT2D eigenvalue weighted by Crippen LogP contribution is 2.51. The van der Waals surface area contributed by atoms with Crippen LogP contribution in [0.25, 0.3) is 0 Å². The van der Waals surface area contributed by atoms with E-state index in [4.69, 9.17) is 4.74 Å². The maximum atomic E-state index is 14.4. The number of anilines is 2. The lowest BCUT2D eigenvalue weighted by Gasteiger charge is -2.43. The van der Waals surface area contributed by atoms with E-state index in [1.807, 2.05) is 73.7 Å². The molecule has 1 aliphatic heterocycles.